The van der Waals surface area contributed by atoms with E-state index in [-0.39, 0.29) is 17.6 Å². The predicted octanol–water partition coefficient (Wildman–Crippen LogP) is 2.36. The van der Waals surface area contributed by atoms with E-state index in [1.165, 1.54) is 6.07 Å². The predicted molar refractivity (Wildman–Crippen MR) is 103 cm³/mol. The van der Waals surface area contributed by atoms with Crippen LogP contribution in [-0.2, 0) is 4.74 Å². The van der Waals surface area contributed by atoms with E-state index < -0.39 is 5.82 Å². The molecular formula is C20H23FN4O2. The summed E-state index contributed by atoms with van der Waals surface area (Å²) in [5.74, 6) is -0.487. The van der Waals surface area contributed by atoms with Crippen molar-refractivity contribution >= 4 is 17.6 Å². The van der Waals surface area contributed by atoms with Gasteiger partial charge in [0.2, 0.25) is 5.96 Å². The topological polar surface area (TPSA) is 66.0 Å². The van der Waals surface area contributed by atoms with Crippen molar-refractivity contribution in [2.24, 2.45) is 4.99 Å². The van der Waals surface area contributed by atoms with Gasteiger partial charge in [0.05, 0.1) is 25.4 Å². The van der Waals surface area contributed by atoms with E-state index in [0.717, 1.165) is 32.8 Å². The normalized spacial score (nSPS) is 15.4. The number of hydrogen-bond donors (Lipinski definition) is 2. The fraction of sp³-hybridized carbons (Fsp3) is 0.300. The monoisotopic (exact) mass is 370 g/mol. The van der Waals surface area contributed by atoms with Gasteiger partial charge in [0, 0.05) is 25.2 Å². The summed E-state index contributed by atoms with van der Waals surface area (Å²) in [6, 6.07) is 15.1. The van der Waals surface area contributed by atoms with Crippen LogP contribution in [0.2, 0.25) is 0 Å². The third-order valence-electron chi connectivity index (χ3n) is 4.18. The lowest BCUT2D eigenvalue weighted by Gasteiger charge is -2.25. The van der Waals surface area contributed by atoms with Crippen molar-refractivity contribution in [1.29, 1.82) is 0 Å². The van der Waals surface area contributed by atoms with E-state index in [9.17, 15) is 9.18 Å². The van der Waals surface area contributed by atoms with Crippen molar-refractivity contribution in [3.63, 3.8) is 0 Å². The number of para-hydroxylation sites is 1. The Morgan fingerprint density at radius 1 is 1.07 bits per heavy atom. The number of morpholine rings is 1. The zero-order chi connectivity index (χ0) is 18.9. The van der Waals surface area contributed by atoms with Crippen LogP contribution in [-0.4, -0.2) is 56.2 Å². The summed E-state index contributed by atoms with van der Waals surface area (Å²) in [5.41, 5.74) is 0.768. The fourth-order valence-electron chi connectivity index (χ4n) is 2.70. The lowest BCUT2D eigenvalue weighted by atomic mass is 10.2. The Balaban J connectivity index is 1.68. The number of benzene rings is 2. The van der Waals surface area contributed by atoms with Crippen LogP contribution in [0.15, 0.2) is 59.6 Å². The van der Waals surface area contributed by atoms with E-state index in [1.54, 1.807) is 42.5 Å². The molecule has 27 heavy (non-hydrogen) atoms. The molecule has 1 aliphatic heterocycles. The molecule has 6 nitrogen and oxygen atoms in total. The quantitative estimate of drug-likeness (QED) is 0.626. The first kappa shape index (κ1) is 19.0. The van der Waals surface area contributed by atoms with E-state index in [4.69, 9.17) is 4.74 Å². The average Bonchev–Trinajstić information content (AvgIpc) is 2.71. The van der Waals surface area contributed by atoms with Crippen LogP contribution >= 0.6 is 0 Å². The molecule has 3 rings (SSSR count). The van der Waals surface area contributed by atoms with Crippen LogP contribution in [0.1, 0.15) is 10.4 Å². The number of aliphatic imine (C=N–C) groups is 1. The molecule has 0 atom stereocenters. The Morgan fingerprint density at radius 2 is 1.78 bits per heavy atom. The minimum absolute atomic E-state index is 0.224. The fourth-order valence-corrected chi connectivity index (χ4v) is 2.70. The molecule has 0 aromatic heterocycles. The average molecular weight is 370 g/mol. The van der Waals surface area contributed by atoms with Crippen molar-refractivity contribution in [3.05, 3.63) is 66.0 Å². The highest BCUT2D eigenvalue weighted by atomic mass is 19.1. The van der Waals surface area contributed by atoms with Gasteiger partial charge in [0.1, 0.15) is 5.82 Å². The number of ether oxygens (including phenoxy) is 1. The summed E-state index contributed by atoms with van der Waals surface area (Å²) in [4.78, 5) is 19.1. The molecule has 1 heterocycles. The Hall–Kier alpha value is -2.77. The van der Waals surface area contributed by atoms with Gasteiger partial charge in [0.25, 0.3) is 5.91 Å². The van der Waals surface area contributed by atoms with Gasteiger partial charge in [-0.2, -0.15) is 0 Å². The first-order chi connectivity index (χ1) is 13.2. The Labute approximate surface area is 158 Å². The SMILES string of the molecule is O=C(NC(=NCCN1CCOCC1)Nc1ccccc1F)c1ccccc1. The Morgan fingerprint density at radius 3 is 2.52 bits per heavy atom. The molecule has 1 amide bonds. The smallest absolute Gasteiger partial charge is 0.257 e. The molecule has 2 N–H and O–H groups in total. The maximum absolute atomic E-state index is 14.0. The zero-order valence-electron chi connectivity index (χ0n) is 15.0. The molecule has 1 fully saturated rings. The second kappa shape index (κ2) is 9.80. The van der Waals surface area contributed by atoms with Crippen molar-refractivity contribution in [1.82, 2.24) is 10.2 Å². The second-order valence-electron chi connectivity index (χ2n) is 6.11. The number of carbonyl (C=O) groups is 1. The molecular weight excluding hydrogens is 347 g/mol. The van der Waals surface area contributed by atoms with Crippen molar-refractivity contribution in [2.75, 3.05) is 44.7 Å². The van der Waals surface area contributed by atoms with Crippen LogP contribution in [0.4, 0.5) is 10.1 Å². The summed E-state index contributed by atoms with van der Waals surface area (Å²) < 4.78 is 19.3. The molecule has 2 aromatic carbocycles. The van der Waals surface area contributed by atoms with Crippen molar-refractivity contribution in [3.8, 4) is 0 Å². The first-order valence-electron chi connectivity index (χ1n) is 8.95. The number of halogens is 1. The lowest BCUT2D eigenvalue weighted by Crippen LogP contribution is -2.39. The van der Waals surface area contributed by atoms with Crippen molar-refractivity contribution < 1.29 is 13.9 Å². The van der Waals surface area contributed by atoms with Gasteiger partial charge in [-0.15, -0.1) is 0 Å². The van der Waals surface area contributed by atoms with Crippen LogP contribution < -0.4 is 10.6 Å². The lowest BCUT2D eigenvalue weighted by molar-refractivity contribution is 0.0394. The van der Waals surface area contributed by atoms with E-state index in [1.807, 2.05) is 6.07 Å². The van der Waals surface area contributed by atoms with Crippen LogP contribution in [0.5, 0.6) is 0 Å². The summed E-state index contributed by atoms with van der Waals surface area (Å²) in [7, 11) is 0. The summed E-state index contributed by atoms with van der Waals surface area (Å²) >= 11 is 0. The van der Waals surface area contributed by atoms with Crippen LogP contribution in [0.25, 0.3) is 0 Å². The summed E-state index contributed by atoms with van der Waals surface area (Å²) in [6.45, 7) is 4.38. The van der Waals surface area contributed by atoms with E-state index in [2.05, 4.69) is 20.5 Å². The Kier molecular flexibility index (Phi) is 6.90. The highest BCUT2D eigenvalue weighted by molar-refractivity contribution is 6.09. The maximum atomic E-state index is 14.0. The molecule has 0 radical (unpaired) electrons. The third kappa shape index (κ3) is 5.87. The highest BCUT2D eigenvalue weighted by Crippen LogP contribution is 2.12. The molecule has 142 valence electrons. The molecule has 1 saturated heterocycles. The number of carbonyl (C=O) groups excluding carboxylic acids is 1. The number of anilines is 1. The number of rotatable bonds is 5. The van der Waals surface area contributed by atoms with Crippen LogP contribution in [0, 0.1) is 5.82 Å². The molecule has 0 spiro atoms. The molecule has 0 aliphatic carbocycles. The summed E-state index contributed by atoms with van der Waals surface area (Å²) in [6.07, 6.45) is 0. The molecule has 1 aliphatic rings. The van der Waals surface area contributed by atoms with Gasteiger partial charge < -0.3 is 10.1 Å². The Bertz CT molecular complexity index is 777. The maximum Gasteiger partial charge on any atom is 0.257 e. The largest absolute Gasteiger partial charge is 0.379 e. The highest BCUT2D eigenvalue weighted by Gasteiger charge is 2.12. The second-order valence-corrected chi connectivity index (χ2v) is 6.11. The number of hydrogen-bond acceptors (Lipinski definition) is 4. The minimum atomic E-state index is -0.410. The first-order valence-corrected chi connectivity index (χ1v) is 8.95. The molecule has 0 saturated carbocycles. The molecule has 0 unspecified atom stereocenters. The number of nitrogens with one attached hydrogen (secondary N) is 2. The van der Waals surface area contributed by atoms with Gasteiger partial charge >= 0.3 is 0 Å². The third-order valence-corrected chi connectivity index (χ3v) is 4.18. The van der Waals surface area contributed by atoms with Gasteiger partial charge in [-0.25, -0.2) is 4.39 Å². The zero-order valence-corrected chi connectivity index (χ0v) is 15.0. The van der Waals surface area contributed by atoms with Crippen molar-refractivity contribution in [2.45, 2.75) is 0 Å². The standard InChI is InChI=1S/C20H23FN4O2/c21-17-8-4-5-9-18(17)23-20(22-10-11-25-12-14-27-15-13-25)24-19(26)16-6-2-1-3-7-16/h1-9H,10-15H2,(H2,22,23,24,26). The molecule has 0 bridgehead atoms. The van der Waals surface area contributed by atoms with Gasteiger partial charge in [-0.05, 0) is 24.3 Å². The summed E-state index contributed by atoms with van der Waals surface area (Å²) in [5, 5.41) is 5.62. The minimum Gasteiger partial charge on any atom is -0.379 e. The van der Waals surface area contributed by atoms with E-state index in [0.29, 0.717) is 12.1 Å². The molecule has 2 aromatic rings. The van der Waals surface area contributed by atoms with Gasteiger partial charge in [-0.1, -0.05) is 30.3 Å². The van der Waals surface area contributed by atoms with Gasteiger partial charge in [-0.3, -0.25) is 20.0 Å². The molecule has 7 heteroatoms. The number of amides is 1. The van der Waals surface area contributed by atoms with E-state index >= 15 is 0 Å². The number of guanidine groups is 1. The van der Waals surface area contributed by atoms with Gasteiger partial charge in [0.15, 0.2) is 0 Å². The number of nitrogens with zero attached hydrogens (tertiary/aromatic N) is 2. The van der Waals surface area contributed by atoms with Crippen LogP contribution in [0.3, 0.4) is 0 Å².